The van der Waals surface area contributed by atoms with Gasteiger partial charge in [-0.15, -0.1) is 0 Å². The Morgan fingerprint density at radius 3 is 2.29 bits per heavy atom. The van der Waals surface area contributed by atoms with Crippen LogP contribution < -0.4 is 16.4 Å². The molecule has 9 nitrogen and oxygen atoms in total. The fourth-order valence-corrected chi connectivity index (χ4v) is 3.84. The third-order valence-electron chi connectivity index (χ3n) is 5.58. The summed E-state index contributed by atoms with van der Waals surface area (Å²) in [6.45, 7) is 8.98. The standard InChI is InChI=1S/C29H36N4O5/c1-7-33(27(36)23(15-16-24(30)34)32-28(37)38-29(4,5)6)25(22-14-13-19(2)17-20(22)3)26(35)31-18-21-11-9-8-10-12-21/h1,8-14,17,23,25H,15-16,18H2,2-6H3,(H2,30,34)(H,31,35)(H,32,37). The lowest BCUT2D eigenvalue weighted by atomic mass is 9.96. The van der Waals surface area contributed by atoms with Crippen LogP contribution in [0.2, 0.25) is 0 Å². The van der Waals surface area contributed by atoms with Gasteiger partial charge in [0, 0.05) is 19.0 Å². The molecule has 4 N–H and O–H groups in total. The Bertz CT molecular complexity index is 1200. The summed E-state index contributed by atoms with van der Waals surface area (Å²) in [7, 11) is 0. The highest BCUT2D eigenvalue weighted by atomic mass is 16.6. The van der Waals surface area contributed by atoms with Gasteiger partial charge in [-0.05, 0) is 57.7 Å². The van der Waals surface area contributed by atoms with Crippen LogP contribution in [0.25, 0.3) is 0 Å². The summed E-state index contributed by atoms with van der Waals surface area (Å²) < 4.78 is 5.28. The second-order valence-corrected chi connectivity index (χ2v) is 10.0. The van der Waals surface area contributed by atoms with Crippen molar-refractivity contribution < 1.29 is 23.9 Å². The fourth-order valence-electron chi connectivity index (χ4n) is 3.84. The number of nitrogens with two attached hydrogens (primary N) is 1. The first kappa shape index (κ1) is 29.9. The van der Waals surface area contributed by atoms with E-state index in [4.69, 9.17) is 16.9 Å². The van der Waals surface area contributed by atoms with Gasteiger partial charge in [0.05, 0.1) is 0 Å². The minimum Gasteiger partial charge on any atom is -0.444 e. The molecule has 0 radical (unpaired) electrons. The second kappa shape index (κ2) is 13.3. The number of carbonyl (C=O) groups excluding carboxylic acids is 4. The van der Waals surface area contributed by atoms with Gasteiger partial charge in [0.1, 0.15) is 17.7 Å². The number of benzene rings is 2. The normalized spacial score (nSPS) is 12.4. The predicted octanol–water partition coefficient (Wildman–Crippen LogP) is 3.24. The molecule has 202 valence electrons. The van der Waals surface area contributed by atoms with E-state index in [9.17, 15) is 19.2 Å². The van der Waals surface area contributed by atoms with Crippen LogP contribution in [-0.4, -0.2) is 40.4 Å². The van der Waals surface area contributed by atoms with Crippen LogP contribution in [-0.2, 0) is 25.7 Å². The molecule has 38 heavy (non-hydrogen) atoms. The van der Waals surface area contributed by atoms with Crippen molar-refractivity contribution in [2.75, 3.05) is 0 Å². The highest BCUT2D eigenvalue weighted by molar-refractivity contribution is 5.93. The van der Waals surface area contributed by atoms with Crippen LogP contribution in [0.15, 0.2) is 48.5 Å². The molecule has 0 aliphatic rings. The average Bonchev–Trinajstić information content (AvgIpc) is 2.83. The summed E-state index contributed by atoms with van der Waals surface area (Å²) in [5.41, 5.74) is 7.59. The van der Waals surface area contributed by atoms with E-state index in [1.165, 1.54) is 0 Å². The Balaban J connectivity index is 2.44. The zero-order valence-corrected chi connectivity index (χ0v) is 22.5. The number of primary amides is 1. The Hall–Kier alpha value is -4.32. The van der Waals surface area contributed by atoms with Crippen LogP contribution >= 0.6 is 0 Å². The minimum absolute atomic E-state index is 0.128. The lowest BCUT2D eigenvalue weighted by molar-refractivity contribution is -0.139. The SMILES string of the molecule is C#CN(C(=O)C(CCC(N)=O)NC(=O)OC(C)(C)C)C(C(=O)NCc1ccccc1)c1ccc(C)cc1C. The van der Waals surface area contributed by atoms with Crippen LogP contribution in [0.3, 0.4) is 0 Å². The van der Waals surface area contributed by atoms with E-state index in [-0.39, 0.29) is 19.4 Å². The van der Waals surface area contributed by atoms with Gasteiger partial charge in [-0.1, -0.05) is 60.5 Å². The molecule has 2 unspecified atom stereocenters. The van der Waals surface area contributed by atoms with Crippen LogP contribution in [0.4, 0.5) is 4.79 Å². The Kier molecular flexibility index (Phi) is 10.5. The maximum atomic E-state index is 13.7. The van der Waals surface area contributed by atoms with Crippen molar-refractivity contribution in [3.05, 3.63) is 70.8 Å². The molecule has 2 rings (SSSR count). The van der Waals surface area contributed by atoms with Crippen molar-refractivity contribution in [2.24, 2.45) is 5.73 Å². The third-order valence-corrected chi connectivity index (χ3v) is 5.58. The summed E-state index contributed by atoms with van der Waals surface area (Å²) in [6.07, 6.45) is 4.61. The zero-order chi connectivity index (χ0) is 28.5. The van der Waals surface area contributed by atoms with Crippen LogP contribution in [0, 0.1) is 26.3 Å². The van der Waals surface area contributed by atoms with Gasteiger partial charge in [-0.25, -0.2) is 4.79 Å². The lowest BCUT2D eigenvalue weighted by Gasteiger charge is -2.31. The number of hydrogen-bond donors (Lipinski definition) is 3. The first-order valence-electron chi connectivity index (χ1n) is 12.3. The molecule has 4 amide bonds. The smallest absolute Gasteiger partial charge is 0.408 e. The number of amides is 4. The fraction of sp³-hybridized carbons (Fsp3) is 0.379. The van der Waals surface area contributed by atoms with Gasteiger partial charge in [0.2, 0.25) is 11.8 Å². The van der Waals surface area contributed by atoms with Crippen molar-refractivity contribution in [1.82, 2.24) is 15.5 Å². The molecule has 2 aromatic carbocycles. The monoisotopic (exact) mass is 520 g/mol. The molecule has 9 heteroatoms. The molecule has 0 saturated heterocycles. The molecule has 0 aliphatic heterocycles. The molecule has 2 aromatic rings. The number of hydrogen-bond acceptors (Lipinski definition) is 5. The van der Waals surface area contributed by atoms with Crippen molar-refractivity contribution >= 4 is 23.8 Å². The van der Waals surface area contributed by atoms with Crippen molar-refractivity contribution in [1.29, 1.82) is 0 Å². The highest BCUT2D eigenvalue weighted by Gasteiger charge is 2.36. The minimum atomic E-state index is -1.26. The molecular weight excluding hydrogens is 484 g/mol. The highest BCUT2D eigenvalue weighted by Crippen LogP contribution is 2.26. The van der Waals surface area contributed by atoms with E-state index in [0.717, 1.165) is 21.6 Å². The summed E-state index contributed by atoms with van der Waals surface area (Å²) >= 11 is 0. The van der Waals surface area contributed by atoms with Crippen molar-refractivity contribution in [3.63, 3.8) is 0 Å². The molecule has 0 saturated carbocycles. The molecule has 2 atom stereocenters. The van der Waals surface area contributed by atoms with Crippen LogP contribution in [0.1, 0.15) is 61.9 Å². The Morgan fingerprint density at radius 2 is 1.74 bits per heavy atom. The van der Waals surface area contributed by atoms with Crippen LogP contribution in [0.5, 0.6) is 0 Å². The van der Waals surface area contributed by atoms with E-state index in [2.05, 4.69) is 16.7 Å². The first-order valence-corrected chi connectivity index (χ1v) is 12.3. The zero-order valence-electron chi connectivity index (χ0n) is 22.5. The van der Waals surface area contributed by atoms with Crippen molar-refractivity contribution in [3.8, 4) is 12.5 Å². The summed E-state index contributed by atoms with van der Waals surface area (Å²) in [5, 5.41) is 5.34. The lowest BCUT2D eigenvalue weighted by Crippen LogP contribution is -2.51. The predicted molar refractivity (Wildman–Crippen MR) is 144 cm³/mol. The van der Waals surface area contributed by atoms with E-state index in [1.54, 1.807) is 26.8 Å². The largest absolute Gasteiger partial charge is 0.444 e. The van der Waals surface area contributed by atoms with Gasteiger partial charge in [-0.2, -0.15) is 0 Å². The number of nitrogens with zero attached hydrogens (tertiary/aromatic N) is 1. The van der Waals surface area contributed by atoms with E-state index < -0.39 is 41.5 Å². The molecule has 0 heterocycles. The maximum absolute atomic E-state index is 13.7. The van der Waals surface area contributed by atoms with Gasteiger partial charge >= 0.3 is 6.09 Å². The van der Waals surface area contributed by atoms with E-state index in [1.807, 2.05) is 56.3 Å². The topological polar surface area (TPSA) is 131 Å². The molecule has 0 fully saturated rings. The van der Waals surface area contributed by atoms with Gasteiger partial charge in [0.15, 0.2) is 0 Å². The number of terminal acetylenes is 1. The number of rotatable bonds is 10. The number of ether oxygens (including phenoxy) is 1. The van der Waals surface area contributed by atoms with Gasteiger partial charge < -0.3 is 21.1 Å². The third kappa shape index (κ3) is 8.96. The molecular formula is C29H36N4O5. The maximum Gasteiger partial charge on any atom is 0.408 e. The second-order valence-electron chi connectivity index (χ2n) is 10.0. The molecule has 0 bridgehead atoms. The summed E-state index contributed by atoms with van der Waals surface area (Å²) in [5.74, 6) is -1.91. The number of alkyl carbamates (subject to hydrolysis) is 1. The van der Waals surface area contributed by atoms with Gasteiger partial charge in [0.25, 0.3) is 5.91 Å². The first-order chi connectivity index (χ1) is 17.8. The van der Waals surface area contributed by atoms with Gasteiger partial charge in [-0.3, -0.25) is 19.3 Å². The molecule has 0 aromatic heterocycles. The molecule has 0 spiro atoms. The van der Waals surface area contributed by atoms with E-state index >= 15 is 0 Å². The van der Waals surface area contributed by atoms with E-state index in [0.29, 0.717) is 5.56 Å². The summed E-state index contributed by atoms with van der Waals surface area (Å²) in [6, 6.07) is 14.6. The number of carbonyl (C=O) groups is 4. The Morgan fingerprint density at radius 1 is 1.08 bits per heavy atom. The summed E-state index contributed by atoms with van der Waals surface area (Å²) in [4.78, 5) is 52.2. The molecule has 0 aliphatic carbocycles. The Labute approximate surface area is 224 Å². The number of nitrogens with one attached hydrogen (secondary N) is 2. The van der Waals surface area contributed by atoms with Crippen molar-refractivity contribution in [2.45, 2.75) is 71.7 Å². The quantitative estimate of drug-likeness (QED) is 0.327. The number of aryl methyl sites for hydroxylation is 2. The average molecular weight is 521 g/mol.